The summed E-state index contributed by atoms with van der Waals surface area (Å²) in [5.74, 6) is 0.740. The third kappa shape index (κ3) is 4.51. The van der Waals surface area contributed by atoms with Gasteiger partial charge >= 0.3 is 0 Å². The first-order valence-corrected chi connectivity index (χ1v) is 7.67. The maximum Gasteiger partial charge on any atom is 0.147 e. The van der Waals surface area contributed by atoms with Crippen LogP contribution in [0.25, 0.3) is 0 Å². The molecule has 0 aromatic rings. The lowest BCUT2D eigenvalue weighted by molar-refractivity contribution is 0.0923. The zero-order valence-electron chi connectivity index (χ0n) is 10.3. The molecule has 0 atom stereocenters. The van der Waals surface area contributed by atoms with Crippen LogP contribution < -0.4 is 0 Å². The molecule has 0 aliphatic carbocycles. The largest absolute Gasteiger partial charge is 0.298 e. The minimum Gasteiger partial charge on any atom is -0.298 e. The predicted octanol–water partition coefficient (Wildman–Crippen LogP) is 1.54. The summed E-state index contributed by atoms with van der Waals surface area (Å²) in [5.41, 5.74) is 0.218. The molecule has 3 nitrogen and oxygen atoms in total. The quantitative estimate of drug-likeness (QED) is 0.726. The van der Waals surface area contributed by atoms with Crippen molar-refractivity contribution in [1.82, 2.24) is 4.90 Å². The molecule has 0 N–H and O–H groups in total. The van der Waals surface area contributed by atoms with Gasteiger partial charge in [-0.3, -0.25) is 4.90 Å². The maximum atomic E-state index is 11.2. The highest BCUT2D eigenvalue weighted by Crippen LogP contribution is 2.24. The zero-order valence-corrected chi connectivity index (χ0v) is 11.1. The van der Waals surface area contributed by atoms with E-state index in [4.69, 9.17) is 0 Å². The lowest BCUT2D eigenvalue weighted by Crippen LogP contribution is -2.46. The van der Waals surface area contributed by atoms with E-state index in [-0.39, 0.29) is 5.54 Å². The molecule has 1 fully saturated rings. The second kappa shape index (κ2) is 4.42. The number of hydrogen-bond acceptors (Lipinski definition) is 3. The normalized spacial score (nSPS) is 21.9. The van der Waals surface area contributed by atoms with Gasteiger partial charge in [-0.25, -0.2) is 8.42 Å². The van der Waals surface area contributed by atoms with Crippen molar-refractivity contribution in [3.05, 3.63) is 0 Å². The van der Waals surface area contributed by atoms with E-state index < -0.39 is 9.84 Å². The van der Waals surface area contributed by atoms with Gasteiger partial charge < -0.3 is 0 Å². The molecule has 1 heterocycles. The van der Waals surface area contributed by atoms with Crippen molar-refractivity contribution in [3.8, 4) is 0 Å². The predicted molar refractivity (Wildman–Crippen MR) is 63.8 cm³/mol. The molecule has 15 heavy (non-hydrogen) atoms. The number of hydrogen-bond donors (Lipinski definition) is 0. The standard InChI is InChI=1S/C11H23NO2S/c1-11(2,3)12-7-5-10(6-8-12)9-15(4,13)14/h10H,5-9H2,1-4H3. The Labute approximate surface area is 93.8 Å². The zero-order chi connectivity index (χ0) is 11.7. The third-order valence-corrected chi connectivity index (χ3v) is 4.18. The van der Waals surface area contributed by atoms with Gasteiger partial charge in [0.05, 0.1) is 5.75 Å². The van der Waals surface area contributed by atoms with Crippen molar-refractivity contribution in [3.63, 3.8) is 0 Å². The van der Waals surface area contributed by atoms with Crippen molar-refractivity contribution < 1.29 is 8.42 Å². The molecule has 0 aromatic heterocycles. The summed E-state index contributed by atoms with van der Waals surface area (Å²) in [5, 5.41) is 0. The van der Waals surface area contributed by atoms with Crippen molar-refractivity contribution >= 4 is 9.84 Å². The summed E-state index contributed by atoms with van der Waals surface area (Å²) in [6.45, 7) is 8.70. The van der Waals surface area contributed by atoms with Gasteiger partial charge in [0, 0.05) is 11.8 Å². The second-order valence-corrected chi connectivity index (χ2v) is 7.88. The highest BCUT2D eigenvalue weighted by molar-refractivity contribution is 7.90. The average Bonchev–Trinajstić information content (AvgIpc) is 2.00. The van der Waals surface area contributed by atoms with Gasteiger partial charge in [-0.1, -0.05) is 0 Å². The second-order valence-electron chi connectivity index (χ2n) is 5.69. The topological polar surface area (TPSA) is 37.4 Å². The number of sulfone groups is 1. The van der Waals surface area contributed by atoms with Crippen molar-refractivity contribution in [2.24, 2.45) is 5.92 Å². The summed E-state index contributed by atoms with van der Waals surface area (Å²) in [6, 6.07) is 0. The molecule has 0 spiro atoms. The van der Waals surface area contributed by atoms with E-state index in [1.54, 1.807) is 0 Å². The average molecular weight is 233 g/mol. The van der Waals surface area contributed by atoms with Crippen LogP contribution in [-0.4, -0.2) is 44.0 Å². The lowest BCUT2D eigenvalue weighted by atomic mass is 9.94. The van der Waals surface area contributed by atoms with Gasteiger partial charge in [0.15, 0.2) is 0 Å². The van der Waals surface area contributed by atoms with Crippen LogP contribution in [-0.2, 0) is 9.84 Å². The molecule has 0 unspecified atom stereocenters. The van der Waals surface area contributed by atoms with Crippen LogP contribution in [0.5, 0.6) is 0 Å². The van der Waals surface area contributed by atoms with Gasteiger partial charge in [0.1, 0.15) is 9.84 Å². The lowest BCUT2D eigenvalue weighted by Gasteiger charge is -2.40. The molecule has 0 radical (unpaired) electrons. The highest BCUT2D eigenvalue weighted by Gasteiger charge is 2.28. The van der Waals surface area contributed by atoms with Crippen molar-refractivity contribution in [2.75, 3.05) is 25.1 Å². The van der Waals surface area contributed by atoms with Crippen LogP contribution in [0.15, 0.2) is 0 Å². The summed E-state index contributed by atoms with van der Waals surface area (Å²) in [7, 11) is -2.80. The molecule has 0 amide bonds. The molecule has 0 bridgehead atoms. The molecule has 0 aromatic carbocycles. The number of piperidine rings is 1. The Morgan fingerprint density at radius 2 is 1.67 bits per heavy atom. The van der Waals surface area contributed by atoms with Gasteiger partial charge in [-0.2, -0.15) is 0 Å². The Hall–Kier alpha value is -0.0900. The molecular weight excluding hydrogens is 210 g/mol. The highest BCUT2D eigenvalue weighted by atomic mass is 32.2. The van der Waals surface area contributed by atoms with Crippen LogP contribution in [0, 0.1) is 5.92 Å². The van der Waals surface area contributed by atoms with Gasteiger partial charge in [-0.15, -0.1) is 0 Å². The minimum atomic E-state index is -2.80. The summed E-state index contributed by atoms with van der Waals surface area (Å²) >= 11 is 0. The molecule has 90 valence electrons. The van der Waals surface area contributed by atoms with Gasteiger partial charge in [0.2, 0.25) is 0 Å². The third-order valence-electron chi connectivity index (χ3n) is 3.10. The Kier molecular flexibility index (Phi) is 3.82. The molecule has 0 saturated carbocycles. The molecule has 1 saturated heterocycles. The monoisotopic (exact) mass is 233 g/mol. The minimum absolute atomic E-state index is 0.218. The van der Waals surface area contributed by atoms with Crippen molar-refractivity contribution in [1.29, 1.82) is 0 Å². The van der Waals surface area contributed by atoms with Crippen molar-refractivity contribution in [2.45, 2.75) is 39.2 Å². The number of rotatable bonds is 2. The van der Waals surface area contributed by atoms with E-state index in [1.165, 1.54) is 6.26 Å². The summed E-state index contributed by atoms with van der Waals surface area (Å²) < 4.78 is 22.3. The molecule has 1 aliphatic heterocycles. The Morgan fingerprint density at radius 3 is 2.00 bits per heavy atom. The first kappa shape index (κ1) is 13.0. The SMILES string of the molecule is CC(C)(C)N1CCC(CS(C)(=O)=O)CC1. The fourth-order valence-corrected chi connectivity index (χ4v) is 3.39. The van der Waals surface area contributed by atoms with Crippen LogP contribution in [0.2, 0.25) is 0 Å². The number of likely N-dealkylation sites (tertiary alicyclic amines) is 1. The molecular formula is C11H23NO2S. The van der Waals surface area contributed by atoms with Crippen LogP contribution in [0.1, 0.15) is 33.6 Å². The van der Waals surface area contributed by atoms with Crippen LogP contribution in [0.3, 0.4) is 0 Å². The van der Waals surface area contributed by atoms with E-state index >= 15 is 0 Å². The van der Waals surface area contributed by atoms with E-state index in [9.17, 15) is 8.42 Å². The maximum absolute atomic E-state index is 11.2. The Balaban J connectivity index is 2.43. The molecule has 1 rings (SSSR count). The summed E-state index contributed by atoms with van der Waals surface area (Å²) in [4.78, 5) is 2.44. The Bertz CT molecular complexity index is 295. The molecule has 4 heteroatoms. The van der Waals surface area contributed by atoms with E-state index in [2.05, 4.69) is 25.7 Å². The fraction of sp³-hybridized carbons (Fsp3) is 1.00. The number of nitrogens with zero attached hydrogens (tertiary/aromatic N) is 1. The molecule has 1 aliphatic rings. The van der Waals surface area contributed by atoms with Crippen LogP contribution in [0.4, 0.5) is 0 Å². The first-order valence-electron chi connectivity index (χ1n) is 5.61. The fourth-order valence-electron chi connectivity index (χ4n) is 2.20. The van der Waals surface area contributed by atoms with E-state index in [0.29, 0.717) is 11.7 Å². The Morgan fingerprint density at radius 1 is 1.20 bits per heavy atom. The summed E-state index contributed by atoms with van der Waals surface area (Å²) in [6.07, 6.45) is 3.37. The van der Waals surface area contributed by atoms with Gasteiger partial charge in [-0.05, 0) is 52.6 Å². The van der Waals surface area contributed by atoms with E-state index in [0.717, 1.165) is 25.9 Å². The smallest absolute Gasteiger partial charge is 0.147 e. The van der Waals surface area contributed by atoms with Gasteiger partial charge in [0.25, 0.3) is 0 Å². The first-order chi connectivity index (χ1) is 6.68. The van der Waals surface area contributed by atoms with Crippen LogP contribution >= 0.6 is 0 Å². The van der Waals surface area contributed by atoms with E-state index in [1.807, 2.05) is 0 Å².